The first kappa shape index (κ1) is 18.9. The van der Waals surface area contributed by atoms with Crippen molar-refractivity contribution in [2.24, 2.45) is 0 Å². The number of benzene rings is 1. The molecule has 1 amide bonds. The highest BCUT2D eigenvalue weighted by molar-refractivity contribution is 7.88. The fourth-order valence-corrected chi connectivity index (χ4v) is 3.52. The maximum Gasteiger partial charge on any atom is 0.251 e. The Hall–Kier alpha value is -1.44. The fraction of sp³-hybridized carbons (Fsp3) is 0.588. The lowest BCUT2D eigenvalue weighted by atomic mass is 10.1. The van der Waals surface area contributed by atoms with Crippen molar-refractivity contribution in [1.82, 2.24) is 14.5 Å². The van der Waals surface area contributed by atoms with E-state index in [1.54, 1.807) is 0 Å². The number of carbonyl (C=O) groups is 1. The van der Waals surface area contributed by atoms with Crippen molar-refractivity contribution in [1.29, 1.82) is 0 Å². The largest absolute Gasteiger partial charge is 0.350 e. The van der Waals surface area contributed by atoms with E-state index in [0.717, 1.165) is 18.5 Å². The Morgan fingerprint density at radius 3 is 2.50 bits per heavy atom. The predicted octanol–water partition coefficient (Wildman–Crippen LogP) is 1.29. The van der Waals surface area contributed by atoms with Crippen LogP contribution >= 0.6 is 0 Å². The topological polar surface area (TPSA) is 69.7 Å². The molecule has 1 N–H and O–H groups in total. The lowest BCUT2D eigenvalue weighted by Crippen LogP contribution is -2.47. The van der Waals surface area contributed by atoms with Crippen molar-refractivity contribution in [2.75, 3.05) is 32.4 Å². The average molecular weight is 353 g/mol. The zero-order chi connectivity index (χ0) is 17.7. The molecule has 2 rings (SSSR count). The lowest BCUT2D eigenvalue weighted by molar-refractivity contribution is 0.0939. The molecule has 0 spiro atoms. The number of nitrogens with zero attached hydrogens (tertiary/aromatic N) is 2. The van der Waals surface area contributed by atoms with Gasteiger partial charge in [0.15, 0.2) is 0 Å². The van der Waals surface area contributed by atoms with Gasteiger partial charge in [-0.3, -0.25) is 9.69 Å². The van der Waals surface area contributed by atoms with Crippen LogP contribution in [0.2, 0.25) is 0 Å². The molecular weight excluding hydrogens is 326 g/mol. The minimum atomic E-state index is -3.10. The molecule has 0 aliphatic carbocycles. The second-order valence-electron chi connectivity index (χ2n) is 6.42. The first-order valence-corrected chi connectivity index (χ1v) is 10.2. The van der Waals surface area contributed by atoms with Crippen LogP contribution in [0.3, 0.4) is 0 Å². The molecule has 0 bridgehead atoms. The quantitative estimate of drug-likeness (QED) is 0.837. The van der Waals surface area contributed by atoms with E-state index in [-0.39, 0.29) is 11.9 Å². The van der Waals surface area contributed by atoms with Gasteiger partial charge < -0.3 is 5.32 Å². The highest BCUT2D eigenvalue weighted by Crippen LogP contribution is 2.12. The third-order valence-electron chi connectivity index (χ3n) is 4.39. The SMILES string of the molecule is CCC(C)NC(=O)c1cccc(CN2CCN(S(C)(=O)=O)CC2)c1. The van der Waals surface area contributed by atoms with E-state index in [4.69, 9.17) is 0 Å². The number of piperazine rings is 1. The van der Waals surface area contributed by atoms with Crippen LogP contribution in [0.4, 0.5) is 0 Å². The highest BCUT2D eigenvalue weighted by Gasteiger charge is 2.23. The molecule has 1 saturated heterocycles. The third-order valence-corrected chi connectivity index (χ3v) is 5.69. The van der Waals surface area contributed by atoms with Crippen molar-refractivity contribution >= 4 is 15.9 Å². The van der Waals surface area contributed by atoms with Crippen molar-refractivity contribution < 1.29 is 13.2 Å². The molecule has 6 nitrogen and oxygen atoms in total. The van der Waals surface area contributed by atoms with Crippen molar-refractivity contribution in [3.8, 4) is 0 Å². The van der Waals surface area contributed by atoms with Crippen molar-refractivity contribution in [3.05, 3.63) is 35.4 Å². The summed E-state index contributed by atoms with van der Waals surface area (Å²) in [6.07, 6.45) is 2.15. The first-order valence-electron chi connectivity index (χ1n) is 8.37. The van der Waals surface area contributed by atoms with Gasteiger partial charge in [-0.2, -0.15) is 4.31 Å². The average Bonchev–Trinajstić information content (AvgIpc) is 2.54. The smallest absolute Gasteiger partial charge is 0.251 e. The zero-order valence-electron chi connectivity index (χ0n) is 14.7. The Morgan fingerprint density at radius 2 is 1.92 bits per heavy atom. The van der Waals surface area contributed by atoms with E-state index < -0.39 is 10.0 Å². The Bertz CT molecular complexity index is 667. The van der Waals surface area contributed by atoms with Gasteiger partial charge in [-0.15, -0.1) is 0 Å². The van der Waals surface area contributed by atoms with Gasteiger partial charge in [0.05, 0.1) is 6.26 Å². The molecule has 134 valence electrons. The highest BCUT2D eigenvalue weighted by atomic mass is 32.2. The third kappa shape index (κ3) is 5.29. The number of carbonyl (C=O) groups excluding carboxylic acids is 1. The first-order chi connectivity index (χ1) is 11.3. The van der Waals surface area contributed by atoms with Crippen LogP contribution < -0.4 is 5.32 Å². The summed E-state index contributed by atoms with van der Waals surface area (Å²) in [5.41, 5.74) is 1.74. The number of hydrogen-bond acceptors (Lipinski definition) is 4. The summed E-state index contributed by atoms with van der Waals surface area (Å²) in [5.74, 6) is -0.0481. The summed E-state index contributed by atoms with van der Waals surface area (Å²) in [6, 6.07) is 7.80. The van der Waals surface area contributed by atoms with Gasteiger partial charge in [-0.25, -0.2) is 8.42 Å². The summed E-state index contributed by atoms with van der Waals surface area (Å²) in [6.45, 7) is 7.20. The molecule has 7 heteroatoms. The predicted molar refractivity (Wildman–Crippen MR) is 95.4 cm³/mol. The van der Waals surface area contributed by atoms with Gasteiger partial charge in [-0.05, 0) is 31.0 Å². The van der Waals surface area contributed by atoms with Crippen LogP contribution in [0.5, 0.6) is 0 Å². The minimum absolute atomic E-state index is 0.0481. The zero-order valence-corrected chi connectivity index (χ0v) is 15.5. The molecule has 1 atom stereocenters. The molecule has 0 aromatic heterocycles. The number of sulfonamides is 1. The summed E-state index contributed by atoms with van der Waals surface area (Å²) in [7, 11) is -3.10. The van der Waals surface area contributed by atoms with Crippen molar-refractivity contribution in [3.63, 3.8) is 0 Å². The van der Waals surface area contributed by atoms with Gasteiger partial charge in [0.25, 0.3) is 5.91 Å². The van der Waals surface area contributed by atoms with E-state index in [1.165, 1.54) is 10.6 Å². The maximum atomic E-state index is 12.2. The molecule has 0 radical (unpaired) electrons. The van der Waals surface area contributed by atoms with Crippen molar-refractivity contribution in [2.45, 2.75) is 32.9 Å². The van der Waals surface area contributed by atoms with Gasteiger partial charge in [-0.1, -0.05) is 19.1 Å². The van der Waals surface area contributed by atoms with Crippen LogP contribution in [0, 0.1) is 0 Å². The van der Waals surface area contributed by atoms with Crippen LogP contribution in [-0.2, 0) is 16.6 Å². The van der Waals surface area contributed by atoms with E-state index >= 15 is 0 Å². The van der Waals surface area contributed by atoms with E-state index in [9.17, 15) is 13.2 Å². The molecule has 1 heterocycles. The standard InChI is InChI=1S/C17H27N3O3S/c1-4-14(2)18-17(21)16-7-5-6-15(12-16)13-19-8-10-20(11-9-19)24(3,22)23/h5-7,12,14H,4,8-11,13H2,1-3H3,(H,18,21). The summed E-state index contributed by atoms with van der Waals surface area (Å²) in [4.78, 5) is 14.4. The summed E-state index contributed by atoms with van der Waals surface area (Å²) in [5, 5.41) is 2.97. The Labute approximate surface area is 144 Å². The number of hydrogen-bond donors (Lipinski definition) is 1. The molecule has 1 aromatic rings. The molecule has 1 fully saturated rings. The molecule has 1 aliphatic rings. The molecule has 24 heavy (non-hydrogen) atoms. The minimum Gasteiger partial charge on any atom is -0.350 e. The Balaban J connectivity index is 1.94. The number of amides is 1. The fourth-order valence-electron chi connectivity index (χ4n) is 2.70. The van der Waals surface area contributed by atoms with Gasteiger partial charge in [0.2, 0.25) is 10.0 Å². The van der Waals surface area contributed by atoms with Crippen LogP contribution in [-0.4, -0.2) is 62.0 Å². The van der Waals surface area contributed by atoms with E-state index in [1.807, 2.05) is 38.1 Å². The summed E-state index contributed by atoms with van der Waals surface area (Å²) < 4.78 is 24.6. The van der Waals surface area contributed by atoms with E-state index in [0.29, 0.717) is 31.7 Å². The normalized spacial score (nSPS) is 18.3. The van der Waals surface area contributed by atoms with Gasteiger partial charge in [0.1, 0.15) is 0 Å². The van der Waals surface area contributed by atoms with Gasteiger partial charge >= 0.3 is 0 Å². The molecule has 1 aromatic carbocycles. The Kier molecular flexibility index (Phi) is 6.37. The second-order valence-corrected chi connectivity index (χ2v) is 8.40. The van der Waals surface area contributed by atoms with Crippen LogP contribution in [0.25, 0.3) is 0 Å². The molecule has 1 unspecified atom stereocenters. The molecular formula is C17H27N3O3S. The maximum absolute atomic E-state index is 12.2. The Morgan fingerprint density at radius 1 is 1.25 bits per heavy atom. The molecule has 0 saturated carbocycles. The number of rotatable bonds is 6. The van der Waals surface area contributed by atoms with Gasteiger partial charge in [0, 0.05) is 44.3 Å². The molecule has 1 aliphatic heterocycles. The lowest BCUT2D eigenvalue weighted by Gasteiger charge is -2.33. The van der Waals surface area contributed by atoms with E-state index in [2.05, 4.69) is 10.2 Å². The monoisotopic (exact) mass is 353 g/mol. The second kappa shape index (κ2) is 8.09. The number of nitrogens with one attached hydrogen (secondary N) is 1. The summed E-state index contributed by atoms with van der Waals surface area (Å²) >= 11 is 0. The van der Waals surface area contributed by atoms with Crippen LogP contribution in [0.1, 0.15) is 36.2 Å². The van der Waals surface area contributed by atoms with Crippen LogP contribution in [0.15, 0.2) is 24.3 Å².